The molecule has 39 heavy (non-hydrogen) atoms. The lowest BCUT2D eigenvalue weighted by atomic mass is 9.77. The highest BCUT2D eigenvalue weighted by Gasteiger charge is 2.35. The molecule has 0 aliphatic heterocycles. The maximum Gasteiger partial charge on any atom is 0.426 e. The van der Waals surface area contributed by atoms with Crippen molar-refractivity contribution in [2.24, 2.45) is 5.92 Å². The second kappa shape index (κ2) is 12.1. The Morgan fingerprint density at radius 1 is 0.821 bits per heavy atom. The Morgan fingerprint density at radius 2 is 1.36 bits per heavy atom. The number of hydrogen-bond donors (Lipinski definition) is 0. The molecule has 0 N–H and O–H groups in total. The molecule has 1 fully saturated rings. The van der Waals surface area contributed by atoms with Crippen LogP contribution in [-0.4, -0.2) is 0 Å². The number of halogens is 7. The highest BCUT2D eigenvalue weighted by molar-refractivity contribution is 5.64. The molecule has 9 heteroatoms. The molecule has 1 aliphatic carbocycles. The fourth-order valence-corrected chi connectivity index (χ4v) is 5.03. The van der Waals surface area contributed by atoms with E-state index in [1.165, 1.54) is 56.2 Å². The molecule has 4 rings (SSSR count). The lowest BCUT2D eigenvalue weighted by molar-refractivity contribution is -0.185. The molecule has 1 aliphatic rings. The Hall–Kier alpha value is -3.49. The van der Waals surface area contributed by atoms with Crippen molar-refractivity contribution >= 4 is 0 Å². The van der Waals surface area contributed by atoms with Crippen LogP contribution in [0.2, 0.25) is 0 Å². The number of alkyl halides is 2. The van der Waals surface area contributed by atoms with E-state index in [0.717, 1.165) is 23.6 Å². The van der Waals surface area contributed by atoms with Crippen LogP contribution in [0.15, 0.2) is 72.8 Å². The Balaban J connectivity index is 1.43. The van der Waals surface area contributed by atoms with Gasteiger partial charge in [0.2, 0.25) is 5.75 Å². The number of benzene rings is 3. The smallest absolute Gasteiger partial charge is 0.426 e. The first kappa shape index (κ1) is 28.5. The van der Waals surface area contributed by atoms with E-state index >= 15 is 0 Å². The minimum atomic E-state index is -3.99. The molecule has 0 aromatic heterocycles. The van der Waals surface area contributed by atoms with E-state index in [0.29, 0.717) is 11.5 Å². The minimum absolute atomic E-state index is 0.280. The summed E-state index contributed by atoms with van der Waals surface area (Å²) in [5.74, 6) is -4.53. The van der Waals surface area contributed by atoms with Crippen LogP contribution in [0, 0.1) is 17.6 Å². The molecule has 0 radical (unpaired) electrons. The average molecular weight is 553 g/mol. The van der Waals surface area contributed by atoms with Gasteiger partial charge in [0, 0.05) is 12.1 Å². The summed E-state index contributed by atoms with van der Waals surface area (Å²) in [4.78, 5) is 0. The van der Waals surface area contributed by atoms with Gasteiger partial charge in [0.25, 0.3) is 0 Å². The fourth-order valence-electron chi connectivity index (χ4n) is 5.03. The van der Waals surface area contributed by atoms with Crippen molar-refractivity contribution in [3.05, 3.63) is 95.5 Å². The van der Waals surface area contributed by atoms with Gasteiger partial charge >= 0.3 is 18.2 Å². The normalized spacial score (nSPS) is 17.5. The molecule has 0 spiro atoms. The maximum absolute atomic E-state index is 14.7. The Labute approximate surface area is 222 Å². The van der Waals surface area contributed by atoms with E-state index in [1.54, 1.807) is 0 Å². The SMILES string of the molecule is CCCC1CCC(c2ccc(-c3ccc(C(F)(F)Oc4cc(F)c(OC(F)=C(F)F)c(F)c4)cc3)cc2)CC1. The van der Waals surface area contributed by atoms with Gasteiger partial charge < -0.3 is 9.47 Å². The monoisotopic (exact) mass is 552 g/mol. The summed E-state index contributed by atoms with van der Waals surface area (Å²) in [5, 5.41) is 0. The first-order chi connectivity index (χ1) is 18.6. The third kappa shape index (κ3) is 6.94. The minimum Gasteiger partial charge on any atom is -0.429 e. The van der Waals surface area contributed by atoms with Gasteiger partial charge in [-0.3, -0.25) is 0 Å². The summed E-state index contributed by atoms with van der Waals surface area (Å²) in [6.45, 7) is 2.22. The topological polar surface area (TPSA) is 18.5 Å². The zero-order valence-electron chi connectivity index (χ0n) is 21.1. The number of ether oxygens (including phenoxy) is 2. The average Bonchev–Trinajstić information content (AvgIpc) is 2.91. The van der Waals surface area contributed by atoms with E-state index in [9.17, 15) is 30.7 Å². The predicted octanol–water partition coefficient (Wildman–Crippen LogP) is 10.2. The Morgan fingerprint density at radius 3 is 1.87 bits per heavy atom. The molecule has 0 saturated heterocycles. The van der Waals surface area contributed by atoms with Crippen LogP contribution in [0.3, 0.4) is 0 Å². The first-order valence-corrected chi connectivity index (χ1v) is 12.7. The molecule has 3 aromatic rings. The van der Waals surface area contributed by atoms with Crippen LogP contribution in [0.25, 0.3) is 11.1 Å². The van der Waals surface area contributed by atoms with Crippen molar-refractivity contribution in [1.29, 1.82) is 0 Å². The molecule has 0 atom stereocenters. The van der Waals surface area contributed by atoms with Gasteiger partial charge in [-0.15, -0.1) is 0 Å². The van der Waals surface area contributed by atoms with Crippen LogP contribution >= 0.6 is 0 Å². The first-order valence-electron chi connectivity index (χ1n) is 12.7. The fraction of sp³-hybridized carbons (Fsp3) is 0.333. The molecule has 3 aromatic carbocycles. The lowest BCUT2D eigenvalue weighted by Gasteiger charge is -2.28. The molecule has 2 nitrogen and oxygen atoms in total. The van der Waals surface area contributed by atoms with Crippen LogP contribution < -0.4 is 9.47 Å². The molecule has 0 unspecified atom stereocenters. The number of hydrogen-bond acceptors (Lipinski definition) is 2. The van der Waals surface area contributed by atoms with Crippen molar-refractivity contribution in [1.82, 2.24) is 0 Å². The molecule has 1 saturated carbocycles. The lowest BCUT2D eigenvalue weighted by Crippen LogP contribution is -2.22. The van der Waals surface area contributed by atoms with Gasteiger partial charge in [0.15, 0.2) is 11.6 Å². The summed E-state index contributed by atoms with van der Waals surface area (Å²) in [5.41, 5.74) is 2.23. The Kier molecular flexibility index (Phi) is 8.87. The number of rotatable bonds is 9. The van der Waals surface area contributed by atoms with E-state index in [1.807, 2.05) is 12.1 Å². The van der Waals surface area contributed by atoms with Gasteiger partial charge in [-0.2, -0.15) is 22.0 Å². The maximum atomic E-state index is 14.7. The van der Waals surface area contributed by atoms with Gasteiger partial charge in [0.05, 0.1) is 5.56 Å². The van der Waals surface area contributed by atoms with Crippen molar-refractivity contribution in [3.63, 3.8) is 0 Å². The van der Waals surface area contributed by atoms with Gasteiger partial charge in [0.1, 0.15) is 5.75 Å². The van der Waals surface area contributed by atoms with E-state index in [-0.39, 0.29) is 12.1 Å². The van der Waals surface area contributed by atoms with Crippen molar-refractivity contribution in [2.45, 2.75) is 57.5 Å². The van der Waals surface area contributed by atoms with E-state index in [4.69, 9.17) is 0 Å². The summed E-state index contributed by atoms with van der Waals surface area (Å²) in [6.07, 6.45) is 0.384. The second-order valence-electron chi connectivity index (χ2n) is 9.68. The predicted molar refractivity (Wildman–Crippen MR) is 133 cm³/mol. The largest absolute Gasteiger partial charge is 0.429 e. The quantitative estimate of drug-likeness (QED) is 0.194. The third-order valence-corrected chi connectivity index (χ3v) is 7.04. The molecule has 0 amide bonds. The summed E-state index contributed by atoms with van der Waals surface area (Å²) >= 11 is 0. The van der Waals surface area contributed by atoms with Gasteiger partial charge in [-0.25, -0.2) is 8.78 Å². The van der Waals surface area contributed by atoms with Crippen molar-refractivity contribution in [2.75, 3.05) is 0 Å². The van der Waals surface area contributed by atoms with Crippen LogP contribution in [-0.2, 0) is 6.11 Å². The van der Waals surface area contributed by atoms with Crippen LogP contribution in [0.1, 0.15) is 62.5 Å². The molecular weight excluding hydrogens is 525 g/mol. The molecule has 0 bridgehead atoms. The Bertz CT molecular complexity index is 1270. The highest BCUT2D eigenvalue weighted by atomic mass is 19.3. The summed E-state index contributed by atoms with van der Waals surface area (Å²) in [7, 11) is 0. The third-order valence-electron chi connectivity index (χ3n) is 7.04. The van der Waals surface area contributed by atoms with E-state index < -0.39 is 46.9 Å². The zero-order valence-corrected chi connectivity index (χ0v) is 21.1. The second-order valence-corrected chi connectivity index (χ2v) is 9.68. The highest BCUT2D eigenvalue weighted by Crippen LogP contribution is 2.39. The van der Waals surface area contributed by atoms with Crippen molar-refractivity contribution in [3.8, 4) is 22.6 Å². The van der Waals surface area contributed by atoms with Gasteiger partial charge in [-0.05, 0) is 66.3 Å². The van der Waals surface area contributed by atoms with Crippen LogP contribution in [0.4, 0.5) is 30.7 Å². The molecule has 0 heterocycles. The van der Waals surface area contributed by atoms with Crippen molar-refractivity contribution < 1.29 is 40.2 Å². The molecular formula is C30H27F7O2. The van der Waals surface area contributed by atoms with Gasteiger partial charge in [-0.1, -0.05) is 56.2 Å². The molecule has 208 valence electrons. The standard InChI is InChI=1S/C30H27F7O2/c1-2-3-18-4-6-19(7-5-18)20-8-10-21(11-9-20)22-12-14-23(15-13-22)30(36,37)39-24-16-25(31)27(26(32)17-24)38-29(35)28(33)34/h8-19H,2-7H2,1H3. The summed E-state index contributed by atoms with van der Waals surface area (Å²) < 4.78 is 103. The van der Waals surface area contributed by atoms with Crippen LogP contribution in [0.5, 0.6) is 11.5 Å². The zero-order chi connectivity index (χ0) is 28.2. The summed E-state index contributed by atoms with van der Waals surface area (Å²) in [6, 6.07) is 11.3. The van der Waals surface area contributed by atoms with E-state index in [2.05, 4.69) is 28.5 Å².